The van der Waals surface area contributed by atoms with Crippen LogP contribution in [0.5, 0.6) is 0 Å². The van der Waals surface area contributed by atoms with Gasteiger partial charge in [-0.05, 0) is 50.3 Å². The molecule has 3 heteroatoms. The van der Waals surface area contributed by atoms with Crippen molar-refractivity contribution in [2.45, 2.75) is 44.1 Å². The average Bonchev–Trinajstić information content (AvgIpc) is 2.93. The lowest BCUT2D eigenvalue weighted by molar-refractivity contribution is -0.150. The summed E-state index contributed by atoms with van der Waals surface area (Å²) in [6.07, 6.45) is 16.6. The van der Waals surface area contributed by atoms with Crippen LogP contribution in [0.1, 0.15) is 38.5 Å². The molecule has 0 radical (unpaired) electrons. The third kappa shape index (κ3) is 2.88. The lowest BCUT2D eigenvalue weighted by atomic mass is 9.94. The molecule has 3 nitrogen and oxygen atoms in total. The summed E-state index contributed by atoms with van der Waals surface area (Å²) in [5.74, 6) is -0.118. The molecule has 0 amide bonds. The van der Waals surface area contributed by atoms with Gasteiger partial charge in [-0.3, -0.25) is 4.79 Å². The lowest BCUT2D eigenvalue weighted by Crippen LogP contribution is -2.49. The number of hydrogen-bond donors (Lipinski definition) is 1. The molecule has 0 saturated heterocycles. The van der Waals surface area contributed by atoms with Crippen LogP contribution in [0.15, 0.2) is 47.1 Å². The van der Waals surface area contributed by atoms with Gasteiger partial charge in [0.25, 0.3) is 0 Å². The van der Waals surface area contributed by atoms with E-state index >= 15 is 0 Å². The smallest absolute Gasteiger partial charge is 0.327 e. The highest BCUT2D eigenvalue weighted by Crippen LogP contribution is 2.40. The number of carbonyl (C=O) groups excluding carboxylic acids is 1. The van der Waals surface area contributed by atoms with Crippen molar-refractivity contribution < 1.29 is 9.53 Å². The molecule has 21 heavy (non-hydrogen) atoms. The van der Waals surface area contributed by atoms with E-state index in [4.69, 9.17) is 4.74 Å². The van der Waals surface area contributed by atoms with Gasteiger partial charge in [-0.15, -0.1) is 0 Å². The van der Waals surface area contributed by atoms with Crippen molar-refractivity contribution in [2.24, 2.45) is 0 Å². The highest BCUT2D eigenvalue weighted by atomic mass is 16.5. The van der Waals surface area contributed by atoms with E-state index in [0.29, 0.717) is 6.61 Å². The summed E-state index contributed by atoms with van der Waals surface area (Å²) < 4.78 is 5.59. The summed E-state index contributed by atoms with van der Waals surface area (Å²) >= 11 is 0. The van der Waals surface area contributed by atoms with Crippen LogP contribution in [0.4, 0.5) is 0 Å². The van der Waals surface area contributed by atoms with Crippen LogP contribution in [0.3, 0.4) is 0 Å². The second-order valence-electron chi connectivity index (χ2n) is 6.09. The number of hydrogen-bond acceptors (Lipinski definition) is 3. The maximum Gasteiger partial charge on any atom is 0.327 e. The van der Waals surface area contributed by atoms with E-state index in [1.807, 2.05) is 7.05 Å². The number of nitrogens with one attached hydrogen (secondary N) is 1. The summed E-state index contributed by atoms with van der Waals surface area (Å²) in [5.41, 5.74) is 3.29. The normalized spacial score (nSPS) is 27.6. The average molecular weight is 285 g/mol. The van der Waals surface area contributed by atoms with Gasteiger partial charge in [0.1, 0.15) is 12.1 Å². The molecule has 0 aromatic heterocycles. The molecule has 0 aromatic rings. The van der Waals surface area contributed by atoms with Gasteiger partial charge in [0.2, 0.25) is 0 Å². The van der Waals surface area contributed by atoms with Gasteiger partial charge in [0.15, 0.2) is 0 Å². The number of allylic oxidation sites excluding steroid dienone is 4. The maximum atomic E-state index is 12.6. The number of likely N-dealkylation sites (N-methyl/N-ethyl adjacent to an activating group) is 1. The Kier molecular flexibility index (Phi) is 4.11. The van der Waals surface area contributed by atoms with E-state index in [2.05, 4.69) is 35.7 Å². The van der Waals surface area contributed by atoms with E-state index in [1.54, 1.807) is 0 Å². The van der Waals surface area contributed by atoms with Crippen molar-refractivity contribution in [3.05, 3.63) is 47.1 Å². The van der Waals surface area contributed by atoms with Crippen molar-refractivity contribution in [1.29, 1.82) is 0 Å². The third-order valence-corrected chi connectivity index (χ3v) is 4.70. The quantitative estimate of drug-likeness (QED) is 0.806. The third-order valence-electron chi connectivity index (χ3n) is 4.70. The Balaban J connectivity index is 1.64. The summed E-state index contributed by atoms with van der Waals surface area (Å²) in [5, 5.41) is 3.23. The van der Waals surface area contributed by atoms with Gasteiger partial charge < -0.3 is 10.1 Å². The van der Waals surface area contributed by atoms with Crippen molar-refractivity contribution >= 4 is 5.97 Å². The van der Waals surface area contributed by atoms with Crippen molar-refractivity contribution in [2.75, 3.05) is 13.7 Å². The zero-order valence-electron chi connectivity index (χ0n) is 12.7. The minimum absolute atomic E-state index is 0.118. The van der Waals surface area contributed by atoms with Crippen LogP contribution in [-0.4, -0.2) is 25.2 Å². The molecule has 0 fully saturated rings. The molecule has 1 unspecified atom stereocenters. The largest absolute Gasteiger partial charge is 0.459 e. The number of ether oxygens (including phenoxy) is 1. The van der Waals surface area contributed by atoms with Crippen molar-refractivity contribution in [3.63, 3.8) is 0 Å². The van der Waals surface area contributed by atoms with Gasteiger partial charge in [-0.25, -0.2) is 0 Å². The molecule has 112 valence electrons. The molecule has 0 spiro atoms. The van der Waals surface area contributed by atoms with E-state index in [9.17, 15) is 4.79 Å². The fourth-order valence-corrected chi connectivity index (χ4v) is 3.38. The van der Waals surface area contributed by atoms with E-state index in [0.717, 1.165) is 44.1 Å². The summed E-state index contributed by atoms with van der Waals surface area (Å²) in [4.78, 5) is 12.6. The molecular formula is C18H23NO2. The van der Waals surface area contributed by atoms with Gasteiger partial charge in [-0.2, -0.15) is 0 Å². The Hall–Kier alpha value is -1.61. The Bertz CT molecular complexity index is 554. The molecule has 0 bridgehead atoms. The molecule has 0 heterocycles. The first-order valence-corrected chi connectivity index (χ1v) is 7.83. The van der Waals surface area contributed by atoms with Crippen LogP contribution >= 0.6 is 0 Å². The van der Waals surface area contributed by atoms with Gasteiger partial charge in [-0.1, -0.05) is 36.0 Å². The van der Waals surface area contributed by atoms with Gasteiger partial charge >= 0.3 is 5.97 Å². The summed E-state index contributed by atoms with van der Waals surface area (Å²) in [6.45, 7) is 0.388. The predicted octanol–water partition coefficient (Wildman–Crippen LogP) is 3.20. The molecule has 0 saturated carbocycles. The van der Waals surface area contributed by atoms with Crippen LogP contribution in [0.25, 0.3) is 0 Å². The highest BCUT2D eigenvalue weighted by molar-refractivity contribution is 5.83. The van der Waals surface area contributed by atoms with Crippen LogP contribution < -0.4 is 5.32 Å². The SMILES string of the molecule is CNC1(C(=O)OCC2=CCCC=C2)CC2=C(CCC=C2)C1. The zero-order valence-corrected chi connectivity index (χ0v) is 12.7. The second kappa shape index (κ2) is 6.02. The maximum absolute atomic E-state index is 12.6. The van der Waals surface area contributed by atoms with Crippen molar-refractivity contribution in [1.82, 2.24) is 5.32 Å². The number of rotatable bonds is 4. The fraction of sp³-hybridized carbons (Fsp3) is 0.500. The van der Waals surface area contributed by atoms with Gasteiger partial charge in [0, 0.05) is 6.42 Å². The highest BCUT2D eigenvalue weighted by Gasteiger charge is 2.44. The molecular weight excluding hydrogens is 262 g/mol. The first kappa shape index (κ1) is 14.3. The van der Waals surface area contributed by atoms with Crippen molar-refractivity contribution in [3.8, 4) is 0 Å². The molecule has 1 atom stereocenters. The minimum atomic E-state index is -0.557. The zero-order chi connectivity index (χ0) is 14.7. The minimum Gasteiger partial charge on any atom is -0.459 e. The standard InChI is InChI=1S/C18H23NO2/c1-19-18(11-15-9-5-6-10-16(15)12-18)17(20)21-13-14-7-3-2-4-8-14/h3,5,7-9,19H,2,4,6,10-13H2,1H3. The van der Waals surface area contributed by atoms with Crippen LogP contribution in [0, 0.1) is 0 Å². The lowest BCUT2D eigenvalue weighted by Gasteiger charge is -2.27. The Morgan fingerprint density at radius 2 is 2.10 bits per heavy atom. The predicted molar refractivity (Wildman–Crippen MR) is 83.8 cm³/mol. The number of esters is 1. The molecule has 0 aromatic carbocycles. The Morgan fingerprint density at radius 3 is 2.81 bits per heavy atom. The Morgan fingerprint density at radius 1 is 1.24 bits per heavy atom. The molecule has 1 N–H and O–H groups in total. The van der Waals surface area contributed by atoms with E-state index < -0.39 is 5.54 Å². The molecule has 0 aliphatic heterocycles. The van der Waals surface area contributed by atoms with Crippen LogP contribution in [0.2, 0.25) is 0 Å². The summed E-state index contributed by atoms with van der Waals surface area (Å²) in [7, 11) is 1.86. The van der Waals surface area contributed by atoms with Gasteiger partial charge in [0.05, 0.1) is 0 Å². The van der Waals surface area contributed by atoms with E-state index in [1.165, 1.54) is 11.1 Å². The molecule has 3 aliphatic carbocycles. The van der Waals surface area contributed by atoms with E-state index in [-0.39, 0.29) is 5.97 Å². The monoisotopic (exact) mass is 285 g/mol. The van der Waals surface area contributed by atoms with Crippen LogP contribution in [-0.2, 0) is 9.53 Å². The summed E-state index contributed by atoms with van der Waals surface area (Å²) in [6, 6.07) is 0. The molecule has 3 rings (SSSR count). The fourth-order valence-electron chi connectivity index (χ4n) is 3.38. The Labute approximate surface area is 126 Å². The molecule has 3 aliphatic rings. The topological polar surface area (TPSA) is 38.3 Å². The second-order valence-corrected chi connectivity index (χ2v) is 6.09. The first-order chi connectivity index (χ1) is 10.2. The number of carbonyl (C=O) groups is 1. The first-order valence-electron chi connectivity index (χ1n) is 7.83.